The van der Waals surface area contributed by atoms with E-state index in [1.165, 1.54) is 11.3 Å². The molecule has 0 spiro atoms. The highest BCUT2D eigenvalue weighted by Gasteiger charge is 2.19. The van der Waals surface area contributed by atoms with Gasteiger partial charge in [0.15, 0.2) is 0 Å². The van der Waals surface area contributed by atoms with Gasteiger partial charge in [0.2, 0.25) is 0 Å². The lowest BCUT2D eigenvalue weighted by Crippen LogP contribution is -2.44. The first-order valence-corrected chi connectivity index (χ1v) is 7.03. The maximum absolute atomic E-state index is 5.47. The highest BCUT2D eigenvalue weighted by molar-refractivity contribution is 5.55. The van der Waals surface area contributed by atoms with Crippen LogP contribution in [0.2, 0.25) is 0 Å². The minimum absolute atomic E-state index is 0.149. The zero-order valence-corrected chi connectivity index (χ0v) is 12.9. The van der Waals surface area contributed by atoms with E-state index in [1.807, 2.05) is 0 Å². The van der Waals surface area contributed by atoms with Gasteiger partial charge in [0.1, 0.15) is 5.75 Å². The number of hydrogen-bond acceptors (Lipinski definition) is 3. The van der Waals surface area contributed by atoms with Gasteiger partial charge in [-0.05, 0) is 30.2 Å². The van der Waals surface area contributed by atoms with Crippen molar-refractivity contribution in [3.63, 3.8) is 0 Å². The number of likely N-dealkylation sites (N-methyl/N-ethyl adjacent to an activating group) is 1. The fraction of sp³-hybridized carbons (Fsp3) is 0.625. The van der Waals surface area contributed by atoms with Gasteiger partial charge in [0.05, 0.1) is 7.11 Å². The highest BCUT2D eigenvalue weighted by Crippen LogP contribution is 2.31. The van der Waals surface area contributed by atoms with Crippen LogP contribution in [0.4, 0.5) is 5.69 Å². The molecule has 1 fully saturated rings. The summed E-state index contributed by atoms with van der Waals surface area (Å²) in [7, 11) is 3.93. The Labute approximate surface area is 117 Å². The first-order chi connectivity index (χ1) is 8.90. The molecule has 0 unspecified atom stereocenters. The van der Waals surface area contributed by atoms with Crippen molar-refractivity contribution >= 4 is 5.69 Å². The predicted molar refractivity (Wildman–Crippen MR) is 81.4 cm³/mol. The summed E-state index contributed by atoms with van der Waals surface area (Å²) >= 11 is 0. The van der Waals surface area contributed by atoms with Crippen LogP contribution in [0.5, 0.6) is 5.75 Å². The third-order valence-electron chi connectivity index (χ3n) is 3.86. The SMILES string of the molecule is COc1cc(N2CCN(C)CC2)cc(C(C)(C)C)c1. The average Bonchev–Trinajstić information content (AvgIpc) is 2.38. The van der Waals surface area contributed by atoms with Crippen LogP contribution in [0, 0.1) is 0 Å². The summed E-state index contributed by atoms with van der Waals surface area (Å²) < 4.78 is 5.47. The van der Waals surface area contributed by atoms with Gasteiger partial charge >= 0.3 is 0 Å². The van der Waals surface area contributed by atoms with Crippen molar-refractivity contribution in [2.45, 2.75) is 26.2 Å². The van der Waals surface area contributed by atoms with E-state index in [9.17, 15) is 0 Å². The third-order valence-corrected chi connectivity index (χ3v) is 3.86. The topological polar surface area (TPSA) is 15.7 Å². The quantitative estimate of drug-likeness (QED) is 0.815. The van der Waals surface area contributed by atoms with E-state index in [0.29, 0.717) is 0 Å². The Morgan fingerprint density at radius 3 is 2.16 bits per heavy atom. The van der Waals surface area contributed by atoms with E-state index in [-0.39, 0.29) is 5.41 Å². The molecule has 0 radical (unpaired) electrons. The first-order valence-electron chi connectivity index (χ1n) is 7.03. The number of hydrogen-bond donors (Lipinski definition) is 0. The average molecular weight is 262 g/mol. The number of ether oxygens (including phenoxy) is 1. The Morgan fingerprint density at radius 2 is 1.63 bits per heavy atom. The second-order valence-corrected chi connectivity index (χ2v) is 6.46. The third kappa shape index (κ3) is 3.41. The minimum atomic E-state index is 0.149. The Bertz CT molecular complexity index is 429. The molecule has 0 N–H and O–H groups in total. The monoisotopic (exact) mass is 262 g/mol. The van der Waals surface area contributed by atoms with Gasteiger partial charge in [0.25, 0.3) is 0 Å². The fourth-order valence-corrected chi connectivity index (χ4v) is 2.38. The lowest BCUT2D eigenvalue weighted by Gasteiger charge is -2.35. The molecular formula is C16H26N2O. The number of methoxy groups -OCH3 is 1. The number of nitrogens with zero attached hydrogens (tertiary/aromatic N) is 2. The normalized spacial score (nSPS) is 17.6. The molecule has 0 amide bonds. The van der Waals surface area contributed by atoms with Crippen LogP contribution in [0.1, 0.15) is 26.3 Å². The molecule has 0 aliphatic carbocycles. The van der Waals surface area contributed by atoms with Crippen LogP contribution in [0.15, 0.2) is 18.2 Å². The Hall–Kier alpha value is -1.22. The molecular weight excluding hydrogens is 236 g/mol. The molecule has 1 heterocycles. The van der Waals surface area contributed by atoms with Crippen molar-refractivity contribution in [3.05, 3.63) is 23.8 Å². The molecule has 3 nitrogen and oxygen atoms in total. The van der Waals surface area contributed by atoms with Gasteiger partial charge in [-0.1, -0.05) is 20.8 Å². The van der Waals surface area contributed by atoms with Crippen LogP contribution < -0.4 is 9.64 Å². The predicted octanol–water partition coefficient (Wildman–Crippen LogP) is 2.74. The number of benzene rings is 1. The number of piperazine rings is 1. The summed E-state index contributed by atoms with van der Waals surface area (Å²) in [6.07, 6.45) is 0. The van der Waals surface area contributed by atoms with Crippen molar-refractivity contribution in [1.82, 2.24) is 4.90 Å². The van der Waals surface area contributed by atoms with Crippen molar-refractivity contribution in [2.24, 2.45) is 0 Å². The molecule has 0 aromatic heterocycles. The molecule has 2 rings (SSSR count). The maximum atomic E-state index is 5.47. The van der Waals surface area contributed by atoms with Crippen molar-refractivity contribution in [3.8, 4) is 5.75 Å². The second-order valence-electron chi connectivity index (χ2n) is 6.46. The zero-order chi connectivity index (χ0) is 14.0. The Kier molecular flexibility index (Phi) is 4.04. The molecule has 0 atom stereocenters. The lowest BCUT2D eigenvalue weighted by molar-refractivity contribution is 0.312. The fourth-order valence-electron chi connectivity index (χ4n) is 2.38. The zero-order valence-electron chi connectivity index (χ0n) is 12.9. The maximum Gasteiger partial charge on any atom is 0.121 e. The molecule has 106 valence electrons. The number of rotatable bonds is 2. The van der Waals surface area contributed by atoms with E-state index in [1.54, 1.807) is 7.11 Å². The summed E-state index contributed by atoms with van der Waals surface area (Å²) in [5, 5.41) is 0. The molecule has 1 aliphatic heterocycles. The van der Waals surface area contributed by atoms with E-state index in [4.69, 9.17) is 4.74 Å². The standard InChI is InChI=1S/C16H26N2O/c1-16(2,3)13-10-14(12-15(11-13)19-5)18-8-6-17(4)7-9-18/h10-12H,6-9H2,1-5H3. The summed E-state index contributed by atoms with van der Waals surface area (Å²) in [5.41, 5.74) is 2.77. The molecule has 0 bridgehead atoms. The summed E-state index contributed by atoms with van der Waals surface area (Å²) in [6, 6.07) is 6.62. The summed E-state index contributed by atoms with van der Waals surface area (Å²) in [6.45, 7) is 11.2. The Morgan fingerprint density at radius 1 is 1.00 bits per heavy atom. The van der Waals surface area contributed by atoms with E-state index < -0.39 is 0 Å². The van der Waals surface area contributed by atoms with Crippen LogP contribution in [0.3, 0.4) is 0 Å². The summed E-state index contributed by atoms with van der Waals surface area (Å²) in [5.74, 6) is 0.960. The summed E-state index contributed by atoms with van der Waals surface area (Å²) in [4.78, 5) is 4.83. The van der Waals surface area contributed by atoms with Gasteiger partial charge in [-0.25, -0.2) is 0 Å². The molecule has 1 aliphatic rings. The molecule has 3 heteroatoms. The highest BCUT2D eigenvalue weighted by atomic mass is 16.5. The van der Waals surface area contributed by atoms with E-state index >= 15 is 0 Å². The van der Waals surface area contributed by atoms with Crippen molar-refractivity contribution < 1.29 is 4.74 Å². The second kappa shape index (κ2) is 5.41. The van der Waals surface area contributed by atoms with Gasteiger partial charge in [-0.3, -0.25) is 0 Å². The Balaban J connectivity index is 2.29. The molecule has 0 saturated carbocycles. The number of anilines is 1. The smallest absolute Gasteiger partial charge is 0.121 e. The van der Waals surface area contributed by atoms with Crippen LogP contribution in [-0.4, -0.2) is 45.2 Å². The van der Waals surface area contributed by atoms with Crippen molar-refractivity contribution in [1.29, 1.82) is 0 Å². The molecule has 19 heavy (non-hydrogen) atoms. The van der Waals surface area contributed by atoms with E-state index in [0.717, 1.165) is 31.9 Å². The van der Waals surface area contributed by atoms with Crippen molar-refractivity contribution in [2.75, 3.05) is 45.2 Å². The van der Waals surface area contributed by atoms with E-state index in [2.05, 4.69) is 55.8 Å². The molecule has 1 aromatic carbocycles. The molecule has 1 saturated heterocycles. The lowest BCUT2D eigenvalue weighted by atomic mass is 9.86. The van der Waals surface area contributed by atoms with Crippen LogP contribution in [0.25, 0.3) is 0 Å². The van der Waals surface area contributed by atoms with Gasteiger partial charge in [0, 0.05) is 37.9 Å². The van der Waals surface area contributed by atoms with Crippen LogP contribution >= 0.6 is 0 Å². The van der Waals surface area contributed by atoms with Gasteiger partial charge < -0.3 is 14.5 Å². The van der Waals surface area contributed by atoms with Gasteiger partial charge in [-0.15, -0.1) is 0 Å². The molecule has 1 aromatic rings. The van der Waals surface area contributed by atoms with Gasteiger partial charge in [-0.2, -0.15) is 0 Å². The largest absolute Gasteiger partial charge is 0.497 e. The van der Waals surface area contributed by atoms with Crippen LogP contribution in [-0.2, 0) is 5.41 Å². The first kappa shape index (κ1) is 14.2. The minimum Gasteiger partial charge on any atom is -0.497 e.